The Labute approximate surface area is 268 Å². The predicted molar refractivity (Wildman–Crippen MR) is 185 cm³/mol. The number of carbonyl (C=O) groups is 2. The lowest BCUT2D eigenvalue weighted by Crippen LogP contribution is -2.16. The van der Waals surface area contributed by atoms with Crippen molar-refractivity contribution in [2.24, 2.45) is 0 Å². The topological polar surface area (TPSA) is 52.6 Å². The highest BCUT2D eigenvalue weighted by molar-refractivity contribution is 5.71. The molecular weight excluding hydrogens is 532 g/mol. The van der Waals surface area contributed by atoms with Crippen LogP contribution in [0.15, 0.2) is 24.3 Å². The van der Waals surface area contributed by atoms with Gasteiger partial charge in [0.15, 0.2) is 6.10 Å². The van der Waals surface area contributed by atoms with Gasteiger partial charge in [0.05, 0.1) is 0 Å². The summed E-state index contributed by atoms with van der Waals surface area (Å²) >= 11 is 0. The van der Waals surface area contributed by atoms with Gasteiger partial charge in [-0.2, -0.15) is 0 Å². The van der Waals surface area contributed by atoms with Gasteiger partial charge in [0.1, 0.15) is 6.61 Å². The minimum atomic E-state index is -0.219. The van der Waals surface area contributed by atoms with E-state index in [-0.39, 0.29) is 18.5 Å². The molecule has 0 N–H and O–H groups in total. The zero-order valence-electron chi connectivity index (χ0n) is 28.9. The lowest BCUT2D eigenvalue weighted by atomic mass is 10.1. The van der Waals surface area contributed by atoms with Gasteiger partial charge in [-0.05, 0) is 71.1 Å². The monoisotopic (exact) mass is 604 g/mol. The first-order chi connectivity index (χ1) is 21.1. The molecule has 251 valence electrons. The lowest BCUT2D eigenvalue weighted by molar-refractivity contribution is -0.151. The van der Waals surface area contributed by atoms with Gasteiger partial charge in [0.2, 0.25) is 0 Å². The van der Waals surface area contributed by atoms with E-state index in [1.807, 2.05) is 0 Å². The van der Waals surface area contributed by atoms with E-state index >= 15 is 0 Å². The fourth-order valence-corrected chi connectivity index (χ4v) is 5.21. The molecule has 0 aromatic heterocycles. The summed E-state index contributed by atoms with van der Waals surface area (Å²) in [6.07, 6.45) is 42.9. The highest BCUT2D eigenvalue weighted by atomic mass is 16.6. The number of unbranched alkanes of at least 4 members (excludes halogenated alkanes) is 22. The zero-order valence-corrected chi connectivity index (χ0v) is 28.9. The molecule has 0 unspecified atom stereocenters. The Morgan fingerprint density at radius 1 is 0.442 bits per heavy atom. The standard InChI is InChI=1S/C39H71O4/c1-4-6-8-10-12-14-16-18-20-22-24-26-28-30-32-34-38(40)42-36-37(3)43-39(41)35-33-31-29-27-25-23-21-19-17-15-13-11-9-7-5-2/h18-21H,4-17,22-36H2,1-3H3/b20-18-,21-19-. The van der Waals surface area contributed by atoms with Gasteiger partial charge >= 0.3 is 11.9 Å². The second-order valence-corrected chi connectivity index (χ2v) is 12.5. The van der Waals surface area contributed by atoms with Crippen LogP contribution in [0.5, 0.6) is 0 Å². The summed E-state index contributed by atoms with van der Waals surface area (Å²) in [6, 6.07) is 0. The van der Waals surface area contributed by atoms with Crippen LogP contribution in [0.1, 0.15) is 201 Å². The summed E-state index contributed by atoms with van der Waals surface area (Å²) < 4.78 is 10.6. The number of esters is 2. The Morgan fingerprint density at radius 2 is 0.767 bits per heavy atom. The highest BCUT2D eigenvalue weighted by Gasteiger charge is 2.13. The molecule has 0 aromatic carbocycles. The molecule has 0 aliphatic heterocycles. The van der Waals surface area contributed by atoms with Crippen LogP contribution in [0.25, 0.3) is 0 Å². The molecule has 1 radical (unpaired) electrons. The molecule has 0 aromatic rings. The van der Waals surface area contributed by atoms with Gasteiger partial charge in [-0.15, -0.1) is 0 Å². The molecule has 43 heavy (non-hydrogen) atoms. The summed E-state index contributed by atoms with van der Waals surface area (Å²) in [5.74, 6) is -0.422. The minimum absolute atomic E-state index is 0.0715. The van der Waals surface area contributed by atoms with Crippen molar-refractivity contribution >= 4 is 11.9 Å². The second kappa shape index (κ2) is 34.9. The third-order valence-electron chi connectivity index (χ3n) is 8.01. The van der Waals surface area contributed by atoms with Crippen molar-refractivity contribution in [2.45, 2.75) is 201 Å². The van der Waals surface area contributed by atoms with E-state index in [1.165, 1.54) is 128 Å². The van der Waals surface area contributed by atoms with Crippen LogP contribution in [0, 0.1) is 6.10 Å². The SMILES string of the molecule is CCCCCCCC/C=C\CCCCCCCC(=O)OC[C](C)OC(=O)CCCCCCC/C=C\CCCCCCCC. The van der Waals surface area contributed by atoms with Crippen molar-refractivity contribution in [3.63, 3.8) is 0 Å². The molecule has 0 fully saturated rings. The van der Waals surface area contributed by atoms with Crippen molar-refractivity contribution in [3.8, 4) is 0 Å². The quantitative estimate of drug-likeness (QED) is 0.0425. The zero-order chi connectivity index (χ0) is 31.5. The fourth-order valence-electron chi connectivity index (χ4n) is 5.21. The first-order valence-electron chi connectivity index (χ1n) is 18.6. The summed E-state index contributed by atoms with van der Waals surface area (Å²) in [5.41, 5.74) is 0. The van der Waals surface area contributed by atoms with E-state index < -0.39 is 0 Å². The Morgan fingerprint density at radius 3 is 1.16 bits per heavy atom. The Bertz CT molecular complexity index is 654. The Balaban J connectivity index is 3.46. The van der Waals surface area contributed by atoms with E-state index in [4.69, 9.17) is 9.47 Å². The van der Waals surface area contributed by atoms with Gasteiger partial charge in [-0.3, -0.25) is 9.59 Å². The first-order valence-corrected chi connectivity index (χ1v) is 18.6. The molecule has 0 aliphatic carbocycles. The van der Waals surface area contributed by atoms with Crippen LogP contribution >= 0.6 is 0 Å². The van der Waals surface area contributed by atoms with Crippen molar-refractivity contribution in [1.29, 1.82) is 0 Å². The van der Waals surface area contributed by atoms with Crippen LogP contribution in [0.4, 0.5) is 0 Å². The third kappa shape index (κ3) is 34.8. The smallest absolute Gasteiger partial charge is 0.306 e. The van der Waals surface area contributed by atoms with Crippen LogP contribution < -0.4 is 0 Å². The van der Waals surface area contributed by atoms with Crippen LogP contribution in [0.3, 0.4) is 0 Å². The summed E-state index contributed by atoms with van der Waals surface area (Å²) in [4.78, 5) is 24.1. The largest absolute Gasteiger partial charge is 0.461 e. The fraction of sp³-hybridized carbons (Fsp3) is 0.821. The summed E-state index contributed by atoms with van der Waals surface area (Å²) in [5, 5.41) is 0. The molecular formula is C39H71O4. The van der Waals surface area contributed by atoms with Crippen LogP contribution in [-0.4, -0.2) is 18.5 Å². The average molecular weight is 604 g/mol. The maximum atomic E-state index is 12.1. The van der Waals surface area contributed by atoms with Crippen molar-refractivity contribution in [2.75, 3.05) is 6.61 Å². The first kappa shape index (κ1) is 41.4. The Hall–Kier alpha value is -1.58. The van der Waals surface area contributed by atoms with Gasteiger partial charge in [-0.25, -0.2) is 0 Å². The maximum Gasteiger partial charge on any atom is 0.306 e. The minimum Gasteiger partial charge on any atom is -0.461 e. The molecule has 4 nitrogen and oxygen atoms in total. The highest BCUT2D eigenvalue weighted by Crippen LogP contribution is 2.13. The summed E-state index contributed by atoms with van der Waals surface area (Å²) in [6.45, 7) is 6.32. The average Bonchev–Trinajstić information content (AvgIpc) is 3.00. The second-order valence-electron chi connectivity index (χ2n) is 12.5. The normalized spacial score (nSPS) is 11.7. The molecule has 0 aliphatic rings. The van der Waals surface area contributed by atoms with Gasteiger partial charge in [-0.1, -0.05) is 141 Å². The van der Waals surface area contributed by atoms with Gasteiger partial charge < -0.3 is 9.47 Å². The molecule has 0 amide bonds. The molecule has 0 rings (SSSR count). The van der Waals surface area contributed by atoms with Gasteiger partial charge in [0.25, 0.3) is 0 Å². The van der Waals surface area contributed by atoms with E-state index in [0.29, 0.717) is 18.9 Å². The van der Waals surface area contributed by atoms with Crippen molar-refractivity contribution < 1.29 is 19.1 Å². The molecule has 0 saturated carbocycles. The van der Waals surface area contributed by atoms with Crippen LogP contribution in [-0.2, 0) is 19.1 Å². The number of allylic oxidation sites excluding steroid dienone is 4. The Kier molecular flexibility index (Phi) is 33.6. The molecule has 0 spiro atoms. The summed E-state index contributed by atoms with van der Waals surface area (Å²) in [7, 11) is 0. The van der Waals surface area contributed by atoms with Gasteiger partial charge in [0, 0.05) is 12.8 Å². The number of rotatable bonds is 33. The van der Waals surface area contributed by atoms with E-state index in [9.17, 15) is 9.59 Å². The predicted octanol–water partition coefficient (Wildman–Crippen LogP) is 12.7. The molecule has 0 bridgehead atoms. The number of ether oxygens (including phenoxy) is 2. The lowest BCUT2D eigenvalue weighted by Gasteiger charge is -2.12. The maximum absolute atomic E-state index is 12.1. The van der Waals surface area contributed by atoms with E-state index in [1.54, 1.807) is 6.92 Å². The van der Waals surface area contributed by atoms with Crippen molar-refractivity contribution in [3.05, 3.63) is 30.4 Å². The molecule has 0 heterocycles. The molecule has 4 heteroatoms. The number of carbonyl (C=O) groups excluding carboxylic acids is 2. The van der Waals surface area contributed by atoms with E-state index in [0.717, 1.165) is 38.5 Å². The molecule has 0 saturated heterocycles. The van der Waals surface area contributed by atoms with E-state index in [2.05, 4.69) is 38.2 Å². The molecule has 0 atom stereocenters. The van der Waals surface area contributed by atoms with Crippen molar-refractivity contribution in [1.82, 2.24) is 0 Å². The number of hydrogen-bond acceptors (Lipinski definition) is 4. The number of hydrogen-bond donors (Lipinski definition) is 0. The third-order valence-corrected chi connectivity index (χ3v) is 8.01. The van der Waals surface area contributed by atoms with Crippen LogP contribution in [0.2, 0.25) is 0 Å².